The molecule has 1 amide bonds. The van der Waals surface area contributed by atoms with E-state index in [1.54, 1.807) is 0 Å². The van der Waals surface area contributed by atoms with Gasteiger partial charge in [0.05, 0.1) is 5.92 Å². The van der Waals surface area contributed by atoms with E-state index in [-0.39, 0.29) is 5.92 Å². The number of carbonyl (C=O) groups excluding carboxylic acids is 1. The molecule has 3 atom stereocenters. The largest absolute Gasteiger partial charge is 0.342 e. The highest BCUT2D eigenvalue weighted by molar-refractivity contribution is 5.80. The van der Waals surface area contributed by atoms with E-state index in [1.807, 2.05) is 11.9 Å². The Morgan fingerprint density at radius 2 is 2.20 bits per heavy atom. The van der Waals surface area contributed by atoms with Gasteiger partial charge >= 0.3 is 0 Å². The molecule has 2 aliphatic heterocycles. The molecule has 0 saturated carbocycles. The van der Waals surface area contributed by atoms with Crippen LogP contribution in [0.25, 0.3) is 0 Å². The molecule has 2 rings (SSSR count). The summed E-state index contributed by atoms with van der Waals surface area (Å²) in [6.07, 6.45) is 2.37. The van der Waals surface area contributed by atoms with Crippen molar-refractivity contribution in [2.75, 3.05) is 20.1 Å². The maximum absolute atomic E-state index is 12.2. The van der Waals surface area contributed by atoms with Crippen molar-refractivity contribution < 1.29 is 4.79 Å². The minimum absolute atomic E-state index is 0.249. The first-order chi connectivity index (χ1) is 7.11. The van der Waals surface area contributed by atoms with Crippen LogP contribution in [0.4, 0.5) is 0 Å². The zero-order chi connectivity index (χ0) is 11.0. The second-order valence-electron chi connectivity index (χ2n) is 5.36. The van der Waals surface area contributed by atoms with Crippen LogP contribution in [0.5, 0.6) is 0 Å². The summed E-state index contributed by atoms with van der Waals surface area (Å²) in [6.45, 7) is 6.41. The molecule has 2 aliphatic rings. The van der Waals surface area contributed by atoms with Crippen molar-refractivity contribution in [2.24, 2.45) is 17.8 Å². The highest BCUT2D eigenvalue weighted by Crippen LogP contribution is 2.34. The van der Waals surface area contributed by atoms with Crippen LogP contribution in [-0.2, 0) is 4.79 Å². The molecule has 0 aliphatic carbocycles. The van der Waals surface area contributed by atoms with E-state index in [4.69, 9.17) is 0 Å². The van der Waals surface area contributed by atoms with E-state index in [1.165, 1.54) is 12.8 Å². The third-order valence-corrected chi connectivity index (χ3v) is 4.10. The number of fused-ring (bicyclic) bond motifs is 1. The van der Waals surface area contributed by atoms with Crippen molar-refractivity contribution in [1.82, 2.24) is 10.2 Å². The number of likely N-dealkylation sites (tertiary alicyclic amines) is 1. The molecule has 3 heteroatoms. The minimum Gasteiger partial charge on any atom is -0.342 e. The van der Waals surface area contributed by atoms with E-state index >= 15 is 0 Å². The predicted octanol–water partition coefficient (Wildman–Crippen LogP) is 1.10. The fourth-order valence-electron chi connectivity index (χ4n) is 3.10. The molecule has 86 valence electrons. The summed E-state index contributed by atoms with van der Waals surface area (Å²) in [7, 11) is 1.97. The molecular formula is C12H22N2O. The van der Waals surface area contributed by atoms with E-state index in [0.717, 1.165) is 13.1 Å². The Morgan fingerprint density at radius 1 is 1.47 bits per heavy atom. The number of piperidine rings is 2. The van der Waals surface area contributed by atoms with Gasteiger partial charge in [0.2, 0.25) is 5.91 Å². The third-order valence-electron chi connectivity index (χ3n) is 4.10. The highest BCUT2D eigenvalue weighted by atomic mass is 16.2. The first-order valence-electron chi connectivity index (χ1n) is 6.08. The first-order valence-corrected chi connectivity index (χ1v) is 6.08. The number of rotatable bonds is 1. The average Bonchev–Trinajstić information content (AvgIpc) is 2.23. The van der Waals surface area contributed by atoms with Gasteiger partial charge in [-0.2, -0.15) is 0 Å². The van der Waals surface area contributed by atoms with Crippen LogP contribution in [-0.4, -0.2) is 37.0 Å². The molecule has 0 radical (unpaired) electrons. The van der Waals surface area contributed by atoms with E-state index in [9.17, 15) is 4.79 Å². The molecular weight excluding hydrogens is 188 g/mol. The number of carbonyl (C=O) groups is 1. The Bertz CT molecular complexity index is 252. The fourth-order valence-corrected chi connectivity index (χ4v) is 3.10. The van der Waals surface area contributed by atoms with Crippen LogP contribution < -0.4 is 5.32 Å². The summed E-state index contributed by atoms with van der Waals surface area (Å²) in [5.41, 5.74) is 0. The normalized spacial score (nSPS) is 36.9. The maximum atomic E-state index is 12.2. The monoisotopic (exact) mass is 210 g/mol. The average molecular weight is 210 g/mol. The summed E-state index contributed by atoms with van der Waals surface area (Å²) in [5, 5.41) is 3.33. The lowest BCUT2D eigenvalue weighted by atomic mass is 9.75. The molecule has 2 heterocycles. The van der Waals surface area contributed by atoms with Crippen LogP contribution in [0.3, 0.4) is 0 Å². The number of amides is 1. The molecule has 3 nitrogen and oxygen atoms in total. The number of hydrogen-bond donors (Lipinski definition) is 1. The maximum Gasteiger partial charge on any atom is 0.227 e. The van der Waals surface area contributed by atoms with Crippen LogP contribution in [0.15, 0.2) is 0 Å². The van der Waals surface area contributed by atoms with Crippen molar-refractivity contribution in [2.45, 2.75) is 32.7 Å². The van der Waals surface area contributed by atoms with Gasteiger partial charge in [-0.1, -0.05) is 13.8 Å². The summed E-state index contributed by atoms with van der Waals surface area (Å²) in [5.74, 6) is 1.81. The lowest BCUT2D eigenvalue weighted by Gasteiger charge is -2.45. The van der Waals surface area contributed by atoms with Crippen molar-refractivity contribution in [1.29, 1.82) is 0 Å². The molecule has 2 fully saturated rings. The summed E-state index contributed by atoms with van der Waals surface area (Å²) in [6, 6.07) is 0.455. The van der Waals surface area contributed by atoms with Crippen molar-refractivity contribution in [3.63, 3.8) is 0 Å². The Labute approximate surface area is 92.2 Å². The van der Waals surface area contributed by atoms with Gasteiger partial charge in [-0.15, -0.1) is 0 Å². The Kier molecular flexibility index (Phi) is 3.01. The molecule has 3 unspecified atom stereocenters. The SMILES string of the molecule is CC(C)C1CC2CCNCC2C(=O)N1C. The minimum atomic E-state index is 0.249. The zero-order valence-electron chi connectivity index (χ0n) is 9.99. The van der Waals surface area contributed by atoms with E-state index < -0.39 is 0 Å². The predicted molar refractivity (Wildman–Crippen MR) is 60.5 cm³/mol. The standard InChI is InChI=1S/C12H22N2O/c1-8(2)11-6-9-4-5-13-7-10(9)12(15)14(11)3/h8-11,13H,4-7H2,1-3H3. The van der Waals surface area contributed by atoms with Gasteiger partial charge in [-0.05, 0) is 31.2 Å². The van der Waals surface area contributed by atoms with E-state index in [0.29, 0.717) is 23.8 Å². The van der Waals surface area contributed by atoms with Gasteiger partial charge in [0, 0.05) is 19.6 Å². The molecule has 0 bridgehead atoms. The van der Waals surface area contributed by atoms with Crippen LogP contribution in [0.2, 0.25) is 0 Å². The zero-order valence-corrected chi connectivity index (χ0v) is 9.99. The van der Waals surface area contributed by atoms with Crippen molar-refractivity contribution in [3.05, 3.63) is 0 Å². The topological polar surface area (TPSA) is 32.3 Å². The molecule has 0 aromatic rings. The fraction of sp³-hybridized carbons (Fsp3) is 0.917. The van der Waals surface area contributed by atoms with Crippen LogP contribution in [0, 0.1) is 17.8 Å². The van der Waals surface area contributed by atoms with E-state index in [2.05, 4.69) is 19.2 Å². The molecule has 0 aromatic carbocycles. The second kappa shape index (κ2) is 4.12. The van der Waals surface area contributed by atoms with Gasteiger partial charge in [0.1, 0.15) is 0 Å². The molecule has 1 N–H and O–H groups in total. The lowest BCUT2D eigenvalue weighted by molar-refractivity contribution is -0.145. The van der Waals surface area contributed by atoms with Crippen LogP contribution >= 0.6 is 0 Å². The third kappa shape index (κ3) is 1.89. The first kappa shape index (κ1) is 10.9. The van der Waals surface area contributed by atoms with Gasteiger partial charge in [-0.25, -0.2) is 0 Å². The van der Waals surface area contributed by atoms with Gasteiger partial charge in [0.25, 0.3) is 0 Å². The summed E-state index contributed by atoms with van der Waals surface area (Å²) in [4.78, 5) is 14.1. The molecule has 0 spiro atoms. The second-order valence-corrected chi connectivity index (χ2v) is 5.36. The number of nitrogens with zero attached hydrogens (tertiary/aromatic N) is 1. The van der Waals surface area contributed by atoms with Crippen molar-refractivity contribution in [3.8, 4) is 0 Å². The van der Waals surface area contributed by atoms with Gasteiger partial charge in [-0.3, -0.25) is 4.79 Å². The Balaban J connectivity index is 2.13. The van der Waals surface area contributed by atoms with Crippen molar-refractivity contribution >= 4 is 5.91 Å². The molecule has 2 saturated heterocycles. The molecule has 15 heavy (non-hydrogen) atoms. The summed E-state index contributed by atoms with van der Waals surface area (Å²) < 4.78 is 0. The van der Waals surface area contributed by atoms with Gasteiger partial charge < -0.3 is 10.2 Å². The number of hydrogen-bond acceptors (Lipinski definition) is 2. The number of nitrogens with one attached hydrogen (secondary N) is 1. The van der Waals surface area contributed by atoms with Crippen LogP contribution in [0.1, 0.15) is 26.7 Å². The smallest absolute Gasteiger partial charge is 0.227 e. The Morgan fingerprint density at radius 3 is 2.87 bits per heavy atom. The highest BCUT2D eigenvalue weighted by Gasteiger charge is 2.41. The quantitative estimate of drug-likeness (QED) is 0.703. The van der Waals surface area contributed by atoms with Gasteiger partial charge in [0.15, 0.2) is 0 Å². The Hall–Kier alpha value is -0.570. The molecule has 0 aromatic heterocycles. The lowest BCUT2D eigenvalue weighted by Crippen LogP contribution is -2.56. The summed E-state index contributed by atoms with van der Waals surface area (Å²) >= 11 is 0.